The minimum absolute atomic E-state index is 0.368. The number of hydrogen-bond acceptors (Lipinski definition) is 5. The molecule has 1 atom stereocenters. The van der Waals surface area contributed by atoms with Gasteiger partial charge in [0, 0.05) is 37.4 Å². The lowest BCUT2D eigenvalue weighted by atomic mass is 9.96. The van der Waals surface area contributed by atoms with Gasteiger partial charge in [0.25, 0.3) is 0 Å². The monoisotopic (exact) mass is 435 g/mol. The van der Waals surface area contributed by atoms with Gasteiger partial charge in [-0.05, 0) is 44.7 Å². The first-order valence-corrected chi connectivity index (χ1v) is 11.7. The number of anilines is 1. The highest BCUT2D eigenvalue weighted by atomic mass is 35.5. The van der Waals surface area contributed by atoms with Crippen molar-refractivity contribution in [2.45, 2.75) is 57.9 Å². The third-order valence-corrected chi connectivity index (χ3v) is 7.22. The van der Waals surface area contributed by atoms with Crippen LogP contribution in [0.1, 0.15) is 55.4 Å². The lowest BCUT2D eigenvalue weighted by Crippen LogP contribution is -2.36. The number of hydrogen-bond donors (Lipinski definition) is 0. The molecule has 0 radical (unpaired) electrons. The molecule has 8 heteroatoms. The molecule has 160 valence electrons. The number of halogens is 1. The molecule has 4 aromatic rings. The normalized spacial score (nSPS) is 19.7. The fraction of sp³-hybridized carbons (Fsp3) is 0.478. The van der Waals surface area contributed by atoms with Gasteiger partial charge in [-0.2, -0.15) is 5.10 Å². The molecule has 0 spiro atoms. The molecule has 6 rings (SSSR count). The first-order chi connectivity index (χ1) is 15.2. The Morgan fingerprint density at radius 1 is 1.03 bits per heavy atom. The molecule has 31 heavy (non-hydrogen) atoms. The fourth-order valence-electron chi connectivity index (χ4n) is 5.20. The maximum atomic E-state index is 6.57. The summed E-state index contributed by atoms with van der Waals surface area (Å²) in [5.41, 5.74) is 2.57. The quantitative estimate of drug-likeness (QED) is 0.462. The zero-order chi connectivity index (χ0) is 20.9. The third-order valence-electron chi connectivity index (χ3n) is 6.77. The number of benzene rings is 1. The van der Waals surface area contributed by atoms with Crippen LogP contribution in [-0.4, -0.2) is 42.5 Å². The van der Waals surface area contributed by atoms with E-state index in [1.54, 1.807) is 0 Å². The van der Waals surface area contributed by atoms with Crippen molar-refractivity contribution in [2.75, 3.05) is 18.0 Å². The minimum atomic E-state index is 0.368. The van der Waals surface area contributed by atoms with Crippen LogP contribution < -0.4 is 4.90 Å². The molecule has 2 aliphatic heterocycles. The van der Waals surface area contributed by atoms with E-state index in [0.29, 0.717) is 10.9 Å². The van der Waals surface area contributed by atoms with Crippen molar-refractivity contribution in [3.63, 3.8) is 0 Å². The minimum Gasteiger partial charge on any atom is -0.355 e. The lowest BCUT2D eigenvalue weighted by Gasteiger charge is -2.34. The standard InChI is InChI=1S/C23H26ClN7/c1-15-20(24)23-25-22(17-9-4-5-10-18(17)31(23)28-15)29-12-7-8-16(14-29)21-27-26-19-11-3-2-6-13-30(19)21/h4-5,9-10,16H,2-3,6-8,11-14H2,1H3. The van der Waals surface area contributed by atoms with Gasteiger partial charge >= 0.3 is 0 Å². The molecule has 1 fully saturated rings. The van der Waals surface area contributed by atoms with Crippen LogP contribution in [0.5, 0.6) is 0 Å². The van der Waals surface area contributed by atoms with Gasteiger partial charge in [-0.15, -0.1) is 10.2 Å². The Bertz CT molecular complexity index is 1270. The highest BCUT2D eigenvalue weighted by Gasteiger charge is 2.29. The zero-order valence-electron chi connectivity index (χ0n) is 17.8. The van der Waals surface area contributed by atoms with Gasteiger partial charge in [0.05, 0.1) is 11.2 Å². The summed E-state index contributed by atoms with van der Waals surface area (Å²) in [4.78, 5) is 7.43. The van der Waals surface area contributed by atoms with Crippen LogP contribution in [0.25, 0.3) is 16.6 Å². The third kappa shape index (κ3) is 3.09. The van der Waals surface area contributed by atoms with Gasteiger partial charge in [0.15, 0.2) is 5.65 Å². The van der Waals surface area contributed by atoms with Gasteiger partial charge < -0.3 is 9.47 Å². The molecular weight excluding hydrogens is 410 g/mol. The number of fused-ring (bicyclic) bond motifs is 4. The Labute approximate surface area is 186 Å². The van der Waals surface area contributed by atoms with E-state index in [2.05, 4.69) is 43.0 Å². The van der Waals surface area contributed by atoms with E-state index in [4.69, 9.17) is 16.6 Å². The second kappa shape index (κ2) is 7.48. The van der Waals surface area contributed by atoms with Crippen molar-refractivity contribution >= 4 is 34.0 Å². The molecule has 7 nitrogen and oxygen atoms in total. The maximum Gasteiger partial charge on any atom is 0.176 e. The van der Waals surface area contributed by atoms with Crippen LogP contribution in [0, 0.1) is 6.92 Å². The van der Waals surface area contributed by atoms with Gasteiger partial charge in [-0.25, -0.2) is 9.50 Å². The molecule has 2 aliphatic rings. The van der Waals surface area contributed by atoms with E-state index in [9.17, 15) is 0 Å². The first kappa shape index (κ1) is 19.0. The Morgan fingerprint density at radius 2 is 1.94 bits per heavy atom. The predicted octanol–water partition coefficient (Wildman–Crippen LogP) is 4.55. The molecule has 0 amide bonds. The van der Waals surface area contributed by atoms with Crippen LogP contribution in [-0.2, 0) is 13.0 Å². The van der Waals surface area contributed by atoms with Crippen LogP contribution in [0.3, 0.4) is 0 Å². The summed E-state index contributed by atoms with van der Waals surface area (Å²) < 4.78 is 4.27. The topological polar surface area (TPSA) is 64.1 Å². The summed E-state index contributed by atoms with van der Waals surface area (Å²) >= 11 is 6.57. The molecule has 0 N–H and O–H groups in total. The Kier molecular flexibility index (Phi) is 4.60. The van der Waals surface area contributed by atoms with E-state index < -0.39 is 0 Å². The summed E-state index contributed by atoms with van der Waals surface area (Å²) in [6.45, 7) is 4.86. The zero-order valence-corrected chi connectivity index (χ0v) is 18.5. The summed E-state index contributed by atoms with van der Waals surface area (Å²) in [6.07, 6.45) is 7.01. The van der Waals surface area contributed by atoms with Crippen molar-refractivity contribution in [3.8, 4) is 0 Å². The molecule has 1 unspecified atom stereocenters. The molecule has 3 aromatic heterocycles. The van der Waals surface area contributed by atoms with E-state index in [1.807, 2.05) is 17.5 Å². The second-order valence-corrected chi connectivity index (χ2v) is 9.19. The number of rotatable bonds is 2. The van der Waals surface area contributed by atoms with E-state index in [1.165, 1.54) is 19.3 Å². The average molecular weight is 436 g/mol. The van der Waals surface area contributed by atoms with Gasteiger partial charge in [-0.1, -0.05) is 30.2 Å². The van der Waals surface area contributed by atoms with Crippen LogP contribution in [0.15, 0.2) is 24.3 Å². The van der Waals surface area contributed by atoms with Crippen molar-refractivity contribution < 1.29 is 0 Å². The summed E-state index contributed by atoms with van der Waals surface area (Å²) in [7, 11) is 0. The van der Waals surface area contributed by atoms with Crippen molar-refractivity contribution in [2.24, 2.45) is 0 Å². The molecule has 0 aliphatic carbocycles. The van der Waals surface area contributed by atoms with Gasteiger partial charge in [-0.3, -0.25) is 0 Å². The molecular formula is C23H26ClN7. The fourth-order valence-corrected chi connectivity index (χ4v) is 5.36. The summed E-state index contributed by atoms with van der Waals surface area (Å²) in [6, 6.07) is 8.34. The SMILES string of the molecule is Cc1nn2c(nc(N3CCCC(c4nnc5n4CCCCC5)C3)c3ccccc32)c1Cl. The number of aryl methyl sites for hydroxylation is 2. The lowest BCUT2D eigenvalue weighted by molar-refractivity contribution is 0.464. The number of nitrogens with zero attached hydrogens (tertiary/aromatic N) is 7. The van der Waals surface area contributed by atoms with Crippen molar-refractivity contribution in [1.29, 1.82) is 0 Å². The summed E-state index contributed by atoms with van der Waals surface area (Å²) in [5.74, 6) is 3.68. The molecule has 1 saturated heterocycles. The summed E-state index contributed by atoms with van der Waals surface area (Å²) in [5, 5.41) is 15.6. The molecule has 1 aromatic carbocycles. The van der Waals surface area contributed by atoms with E-state index in [0.717, 1.165) is 78.6 Å². The largest absolute Gasteiger partial charge is 0.355 e. The Balaban J connectivity index is 1.42. The predicted molar refractivity (Wildman–Crippen MR) is 122 cm³/mol. The smallest absolute Gasteiger partial charge is 0.176 e. The highest BCUT2D eigenvalue weighted by molar-refractivity contribution is 6.34. The van der Waals surface area contributed by atoms with Gasteiger partial charge in [0.2, 0.25) is 0 Å². The van der Waals surface area contributed by atoms with E-state index >= 15 is 0 Å². The van der Waals surface area contributed by atoms with Crippen LogP contribution >= 0.6 is 11.6 Å². The highest BCUT2D eigenvalue weighted by Crippen LogP contribution is 2.35. The van der Waals surface area contributed by atoms with Crippen LogP contribution in [0.4, 0.5) is 5.82 Å². The number of aromatic nitrogens is 6. The van der Waals surface area contributed by atoms with Crippen LogP contribution in [0.2, 0.25) is 5.02 Å². The van der Waals surface area contributed by atoms with Crippen molar-refractivity contribution in [1.82, 2.24) is 29.4 Å². The first-order valence-electron chi connectivity index (χ1n) is 11.3. The van der Waals surface area contributed by atoms with Gasteiger partial charge in [0.1, 0.15) is 22.5 Å². The maximum absolute atomic E-state index is 6.57. The molecule has 0 bridgehead atoms. The molecule has 5 heterocycles. The average Bonchev–Trinajstić information content (AvgIpc) is 3.24. The number of para-hydroxylation sites is 1. The van der Waals surface area contributed by atoms with E-state index in [-0.39, 0.29) is 0 Å². The number of piperidine rings is 1. The Hall–Kier alpha value is -2.67. The Morgan fingerprint density at radius 3 is 2.87 bits per heavy atom. The second-order valence-electron chi connectivity index (χ2n) is 8.81. The van der Waals surface area contributed by atoms with Crippen molar-refractivity contribution in [3.05, 3.63) is 46.6 Å². The molecule has 0 saturated carbocycles.